The second-order valence-corrected chi connectivity index (χ2v) is 7.79. The molecule has 0 saturated carbocycles. The van der Waals surface area contributed by atoms with E-state index >= 15 is 0 Å². The molecule has 6 heteroatoms. The van der Waals surface area contributed by atoms with Gasteiger partial charge < -0.3 is 24.6 Å². The lowest BCUT2D eigenvalue weighted by atomic mass is 9.80. The number of rotatable bonds is 11. The Bertz CT molecular complexity index is 866. The van der Waals surface area contributed by atoms with Crippen molar-refractivity contribution in [2.24, 2.45) is 5.92 Å². The molecule has 0 unspecified atom stereocenters. The van der Waals surface area contributed by atoms with Gasteiger partial charge in [0.25, 0.3) is 5.91 Å². The molecule has 1 amide bonds. The van der Waals surface area contributed by atoms with E-state index < -0.39 is 6.29 Å². The normalized spacial score (nSPS) is 20.2. The van der Waals surface area contributed by atoms with Crippen molar-refractivity contribution in [3.63, 3.8) is 0 Å². The van der Waals surface area contributed by atoms with Gasteiger partial charge in [0.15, 0.2) is 5.76 Å². The number of benzene rings is 2. The molecule has 1 aliphatic rings. The van der Waals surface area contributed by atoms with E-state index in [-0.39, 0.29) is 30.1 Å². The molecule has 2 aromatic carbocycles. The first-order valence-electron chi connectivity index (χ1n) is 11.2. The Kier molecular flexibility index (Phi) is 9.13. The van der Waals surface area contributed by atoms with Crippen molar-refractivity contribution < 1.29 is 24.1 Å². The second-order valence-electron chi connectivity index (χ2n) is 7.79. The number of hydrogen-bond donors (Lipinski definition) is 2. The Hall–Kier alpha value is -2.83. The fourth-order valence-electron chi connectivity index (χ4n) is 4.02. The molecule has 2 aromatic rings. The van der Waals surface area contributed by atoms with Crippen LogP contribution in [0.5, 0.6) is 5.75 Å². The quantitative estimate of drug-likeness (QED) is 0.557. The molecule has 32 heavy (non-hydrogen) atoms. The van der Waals surface area contributed by atoms with Gasteiger partial charge in [0.2, 0.25) is 6.29 Å². The minimum Gasteiger partial charge on any atom is -0.497 e. The van der Waals surface area contributed by atoms with E-state index in [9.17, 15) is 9.90 Å². The van der Waals surface area contributed by atoms with Gasteiger partial charge in [-0.1, -0.05) is 42.5 Å². The van der Waals surface area contributed by atoms with Crippen molar-refractivity contribution in [2.75, 3.05) is 26.9 Å². The van der Waals surface area contributed by atoms with Gasteiger partial charge in [0, 0.05) is 31.6 Å². The molecule has 0 bridgehead atoms. The lowest BCUT2D eigenvalue weighted by molar-refractivity contribution is -0.166. The number of allylic oxidation sites excluding steroid dienone is 1. The van der Waals surface area contributed by atoms with Crippen LogP contribution in [0, 0.1) is 5.92 Å². The zero-order valence-electron chi connectivity index (χ0n) is 18.8. The SMILES string of the molecule is CCO[C@@H]1OC(C(=O)NCCc2ccccc2)=C[C@H](c2ccc(OC)cc2)[C@@H]1CCCO. The number of aliphatic hydroxyl groups excluding tert-OH is 1. The van der Waals surface area contributed by atoms with Crippen LogP contribution in [0.15, 0.2) is 66.4 Å². The number of carbonyl (C=O) groups is 1. The summed E-state index contributed by atoms with van der Waals surface area (Å²) >= 11 is 0. The maximum Gasteiger partial charge on any atom is 0.286 e. The van der Waals surface area contributed by atoms with E-state index in [1.807, 2.05) is 67.6 Å². The monoisotopic (exact) mass is 439 g/mol. The fourth-order valence-corrected chi connectivity index (χ4v) is 4.02. The van der Waals surface area contributed by atoms with Crippen LogP contribution in [0.4, 0.5) is 0 Å². The number of nitrogens with one attached hydrogen (secondary N) is 1. The third-order valence-corrected chi connectivity index (χ3v) is 5.68. The van der Waals surface area contributed by atoms with Crippen molar-refractivity contribution >= 4 is 5.91 Å². The predicted octanol–water partition coefficient (Wildman–Crippen LogP) is 3.80. The summed E-state index contributed by atoms with van der Waals surface area (Å²) in [4.78, 5) is 12.9. The summed E-state index contributed by atoms with van der Waals surface area (Å²) in [5.74, 6) is 0.711. The average molecular weight is 440 g/mol. The van der Waals surface area contributed by atoms with E-state index in [2.05, 4.69) is 5.32 Å². The molecule has 0 fully saturated rings. The zero-order valence-corrected chi connectivity index (χ0v) is 18.8. The molecule has 3 rings (SSSR count). The molecule has 2 N–H and O–H groups in total. The highest BCUT2D eigenvalue weighted by atomic mass is 16.7. The first-order chi connectivity index (χ1) is 15.7. The highest BCUT2D eigenvalue weighted by molar-refractivity contribution is 5.91. The number of ether oxygens (including phenoxy) is 3. The van der Waals surface area contributed by atoms with Crippen LogP contribution >= 0.6 is 0 Å². The maximum atomic E-state index is 12.9. The largest absolute Gasteiger partial charge is 0.497 e. The lowest BCUT2D eigenvalue weighted by Crippen LogP contribution is -2.39. The van der Waals surface area contributed by atoms with E-state index in [1.54, 1.807) is 7.11 Å². The summed E-state index contributed by atoms with van der Waals surface area (Å²) in [5.41, 5.74) is 2.22. The van der Waals surface area contributed by atoms with Gasteiger partial charge in [-0.15, -0.1) is 0 Å². The van der Waals surface area contributed by atoms with Crippen molar-refractivity contribution in [3.05, 3.63) is 77.6 Å². The van der Waals surface area contributed by atoms with Crippen molar-refractivity contribution in [3.8, 4) is 5.75 Å². The third-order valence-electron chi connectivity index (χ3n) is 5.68. The third kappa shape index (κ3) is 6.34. The van der Waals surface area contributed by atoms with Crippen molar-refractivity contribution in [2.45, 2.75) is 38.4 Å². The number of methoxy groups -OCH3 is 1. The molecule has 1 aliphatic heterocycles. The van der Waals surface area contributed by atoms with Gasteiger partial charge >= 0.3 is 0 Å². The molecule has 1 heterocycles. The first-order valence-corrected chi connectivity index (χ1v) is 11.2. The van der Waals surface area contributed by atoms with E-state index in [0.717, 1.165) is 24.2 Å². The van der Waals surface area contributed by atoms with Gasteiger partial charge in [0.1, 0.15) is 5.75 Å². The van der Waals surface area contributed by atoms with E-state index in [4.69, 9.17) is 14.2 Å². The highest BCUT2D eigenvalue weighted by Gasteiger charge is 2.37. The Morgan fingerprint density at radius 3 is 2.53 bits per heavy atom. The van der Waals surface area contributed by atoms with Crippen LogP contribution in [-0.2, 0) is 20.7 Å². The van der Waals surface area contributed by atoms with E-state index in [0.29, 0.717) is 19.6 Å². The standard InChI is InChI=1S/C26H33NO5/c1-3-31-26-22(10-7-17-28)23(20-11-13-21(30-2)14-12-20)18-24(32-26)25(29)27-16-15-19-8-5-4-6-9-19/h4-6,8-9,11-14,18,22-23,26,28H,3,7,10,15-17H2,1-2H3,(H,27,29)/t22-,23+,26+/m0/s1. The summed E-state index contributed by atoms with van der Waals surface area (Å²) in [6.45, 7) is 3.00. The number of amides is 1. The topological polar surface area (TPSA) is 77.0 Å². The smallest absolute Gasteiger partial charge is 0.286 e. The summed E-state index contributed by atoms with van der Waals surface area (Å²) < 4.78 is 17.2. The molecule has 0 aliphatic carbocycles. The summed E-state index contributed by atoms with van der Waals surface area (Å²) in [7, 11) is 1.64. The number of carbonyl (C=O) groups excluding carboxylic acids is 1. The molecular formula is C26H33NO5. The Morgan fingerprint density at radius 1 is 1.12 bits per heavy atom. The predicted molar refractivity (Wildman–Crippen MR) is 123 cm³/mol. The van der Waals surface area contributed by atoms with Gasteiger partial charge in [-0.25, -0.2) is 0 Å². The Morgan fingerprint density at radius 2 is 1.88 bits per heavy atom. The van der Waals surface area contributed by atoms with Crippen molar-refractivity contribution in [1.29, 1.82) is 0 Å². The van der Waals surface area contributed by atoms with Gasteiger partial charge in [0.05, 0.1) is 7.11 Å². The fraction of sp³-hybridized carbons (Fsp3) is 0.423. The van der Waals surface area contributed by atoms with Gasteiger partial charge in [-0.2, -0.15) is 0 Å². The molecule has 0 aromatic heterocycles. The van der Waals surface area contributed by atoms with Crippen LogP contribution in [0.25, 0.3) is 0 Å². The molecular weight excluding hydrogens is 406 g/mol. The van der Waals surface area contributed by atoms with Crippen molar-refractivity contribution in [1.82, 2.24) is 5.32 Å². The Balaban J connectivity index is 1.79. The second kappa shape index (κ2) is 12.3. The van der Waals surface area contributed by atoms with Crippen LogP contribution < -0.4 is 10.1 Å². The van der Waals surface area contributed by atoms with Crippen LogP contribution in [0.3, 0.4) is 0 Å². The summed E-state index contributed by atoms with van der Waals surface area (Å²) in [5, 5.41) is 12.4. The van der Waals surface area contributed by atoms with Gasteiger partial charge in [-0.05, 0) is 55.5 Å². The maximum absolute atomic E-state index is 12.9. The van der Waals surface area contributed by atoms with E-state index in [1.165, 1.54) is 5.56 Å². The minimum atomic E-state index is -0.557. The molecule has 0 radical (unpaired) electrons. The number of hydrogen-bond acceptors (Lipinski definition) is 5. The summed E-state index contributed by atoms with van der Waals surface area (Å²) in [6, 6.07) is 17.9. The number of aliphatic hydroxyl groups is 1. The Labute approximate surface area is 190 Å². The zero-order chi connectivity index (χ0) is 22.8. The van der Waals surface area contributed by atoms with Crippen LogP contribution in [0.2, 0.25) is 0 Å². The molecule has 0 saturated heterocycles. The molecule has 0 spiro atoms. The minimum absolute atomic E-state index is 0.0173. The summed E-state index contributed by atoms with van der Waals surface area (Å²) in [6.07, 6.45) is 3.43. The highest BCUT2D eigenvalue weighted by Crippen LogP contribution is 2.39. The van der Waals surface area contributed by atoms with Gasteiger partial charge in [-0.3, -0.25) is 4.79 Å². The average Bonchev–Trinajstić information content (AvgIpc) is 2.83. The molecule has 3 atom stereocenters. The van der Waals surface area contributed by atoms with Crippen LogP contribution in [0.1, 0.15) is 36.8 Å². The molecule has 172 valence electrons. The molecule has 6 nitrogen and oxygen atoms in total. The lowest BCUT2D eigenvalue weighted by Gasteiger charge is -2.37. The van der Waals surface area contributed by atoms with Crippen LogP contribution in [-0.4, -0.2) is 44.2 Å². The first kappa shape index (κ1) is 23.8.